The molecule has 5 nitrogen and oxygen atoms in total. The minimum Gasteiger partial charge on any atom is -0.386 e. The molecule has 3 N–H and O–H groups in total. The maximum atomic E-state index is 9.83. The number of nitrogens with two attached hydrogens (primary N) is 1. The van der Waals surface area contributed by atoms with Crippen LogP contribution in [0, 0.1) is 5.92 Å². The number of aliphatic hydroxyl groups is 1. The van der Waals surface area contributed by atoms with E-state index in [0.717, 1.165) is 0 Å². The Morgan fingerprint density at radius 3 is 2.69 bits per heavy atom. The number of halogens is 1. The number of aliphatic hydroxyl groups excluding tert-OH is 1. The minimum atomic E-state index is -0.626. The third-order valence-corrected chi connectivity index (χ3v) is 2.58. The lowest BCUT2D eigenvalue weighted by Gasteiger charge is -2.16. The standard InChI is InChI=1S/C7H13BrN4O/c1-4(3-9)6(13)5-7(8)10-11-12(5)2/h4,6,13H,3,9H2,1-2H3. The molecule has 2 atom stereocenters. The van der Waals surface area contributed by atoms with Crippen molar-refractivity contribution in [3.63, 3.8) is 0 Å². The van der Waals surface area contributed by atoms with Crippen molar-refractivity contribution in [3.8, 4) is 0 Å². The molecule has 0 aliphatic carbocycles. The van der Waals surface area contributed by atoms with Crippen molar-refractivity contribution >= 4 is 15.9 Å². The van der Waals surface area contributed by atoms with Gasteiger partial charge >= 0.3 is 0 Å². The zero-order valence-electron chi connectivity index (χ0n) is 7.61. The number of nitrogens with zero attached hydrogens (tertiary/aromatic N) is 3. The lowest BCUT2D eigenvalue weighted by Crippen LogP contribution is -2.21. The number of aryl methyl sites for hydroxylation is 1. The molecule has 2 unspecified atom stereocenters. The molecular weight excluding hydrogens is 236 g/mol. The summed E-state index contributed by atoms with van der Waals surface area (Å²) in [4.78, 5) is 0. The Kier molecular flexibility index (Phi) is 3.40. The molecule has 1 rings (SSSR count). The Balaban J connectivity index is 2.93. The zero-order valence-corrected chi connectivity index (χ0v) is 9.19. The first kappa shape index (κ1) is 10.6. The molecule has 0 saturated carbocycles. The molecule has 0 radical (unpaired) electrons. The van der Waals surface area contributed by atoms with Crippen molar-refractivity contribution in [2.75, 3.05) is 6.54 Å². The molecule has 6 heteroatoms. The van der Waals surface area contributed by atoms with Gasteiger partial charge in [-0.05, 0) is 22.5 Å². The average Bonchev–Trinajstić information content (AvgIpc) is 2.44. The highest BCUT2D eigenvalue weighted by Gasteiger charge is 2.22. The summed E-state index contributed by atoms with van der Waals surface area (Å²) in [5.41, 5.74) is 6.12. The second kappa shape index (κ2) is 4.17. The van der Waals surface area contributed by atoms with E-state index in [1.807, 2.05) is 6.92 Å². The van der Waals surface area contributed by atoms with Gasteiger partial charge in [-0.3, -0.25) is 0 Å². The summed E-state index contributed by atoms with van der Waals surface area (Å²) in [6, 6.07) is 0. The number of hydrogen-bond acceptors (Lipinski definition) is 4. The predicted octanol–water partition coefficient (Wildman–Crippen LogP) is 0.206. The number of hydrogen-bond donors (Lipinski definition) is 2. The van der Waals surface area contributed by atoms with Gasteiger partial charge < -0.3 is 10.8 Å². The van der Waals surface area contributed by atoms with Crippen molar-refractivity contribution in [1.29, 1.82) is 0 Å². The van der Waals surface area contributed by atoms with E-state index < -0.39 is 6.10 Å². The minimum absolute atomic E-state index is 0.00602. The van der Waals surface area contributed by atoms with Crippen LogP contribution < -0.4 is 5.73 Å². The quantitative estimate of drug-likeness (QED) is 0.802. The maximum Gasteiger partial charge on any atom is 0.154 e. The second-order valence-electron chi connectivity index (χ2n) is 3.05. The van der Waals surface area contributed by atoms with Crippen molar-refractivity contribution in [2.45, 2.75) is 13.0 Å². The van der Waals surface area contributed by atoms with Crippen LogP contribution in [0.3, 0.4) is 0 Å². The monoisotopic (exact) mass is 248 g/mol. The molecule has 0 saturated heterocycles. The summed E-state index contributed by atoms with van der Waals surface area (Å²) in [6.45, 7) is 2.31. The molecule has 0 spiro atoms. The molecule has 13 heavy (non-hydrogen) atoms. The summed E-state index contributed by atoms with van der Waals surface area (Å²) in [6.07, 6.45) is -0.626. The van der Waals surface area contributed by atoms with E-state index in [2.05, 4.69) is 26.2 Å². The molecule has 1 heterocycles. The summed E-state index contributed by atoms with van der Waals surface area (Å²) in [5, 5.41) is 17.4. The molecule has 74 valence electrons. The first-order chi connectivity index (χ1) is 6.07. The van der Waals surface area contributed by atoms with Crippen LogP contribution in [0.2, 0.25) is 0 Å². The lowest BCUT2D eigenvalue weighted by atomic mass is 10.0. The molecular formula is C7H13BrN4O. The smallest absolute Gasteiger partial charge is 0.154 e. The highest BCUT2D eigenvalue weighted by atomic mass is 79.9. The Morgan fingerprint density at radius 2 is 2.31 bits per heavy atom. The molecule has 0 aliphatic rings. The van der Waals surface area contributed by atoms with Gasteiger partial charge in [0.2, 0.25) is 0 Å². The van der Waals surface area contributed by atoms with Crippen LogP contribution in [0.25, 0.3) is 0 Å². The lowest BCUT2D eigenvalue weighted by molar-refractivity contribution is 0.112. The van der Waals surface area contributed by atoms with Crippen LogP contribution >= 0.6 is 15.9 Å². The van der Waals surface area contributed by atoms with Crippen LogP contribution in [0.4, 0.5) is 0 Å². The normalized spacial score (nSPS) is 15.8. The molecule has 1 aromatic heterocycles. The number of aromatic nitrogens is 3. The van der Waals surface area contributed by atoms with Crippen LogP contribution in [-0.4, -0.2) is 26.6 Å². The Morgan fingerprint density at radius 1 is 1.69 bits per heavy atom. The van der Waals surface area contributed by atoms with Crippen LogP contribution in [0.1, 0.15) is 18.7 Å². The van der Waals surface area contributed by atoms with E-state index in [9.17, 15) is 5.11 Å². The molecule has 1 aromatic rings. The third-order valence-electron chi connectivity index (χ3n) is 2.02. The first-order valence-corrected chi connectivity index (χ1v) is 4.80. The van der Waals surface area contributed by atoms with Crippen molar-refractivity contribution < 1.29 is 5.11 Å². The van der Waals surface area contributed by atoms with E-state index in [4.69, 9.17) is 5.73 Å². The molecule has 0 amide bonds. The molecule has 0 bridgehead atoms. The van der Waals surface area contributed by atoms with E-state index in [1.54, 1.807) is 11.7 Å². The molecule has 0 aromatic carbocycles. The highest BCUT2D eigenvalue weighted by Crippen LogP contribution is 2.25. The van der Waals surface area contributed by atoms with Gasteiger partial charge in [0.05, 0.1) is 0 Å². The van der Waals surface area contributed by atoms with E-state index in [1.165, 1.54) is 0 Å². The fraction of sp³-hybridized carbons (Fsp3) is 0.714. The predicted molar refractivity (Wildman–Crippen MR) is 51.9 cm³/mol. The summed E-state index contributed by atoms with van der Waals surface area (Å²) >= 11 is 3.22. The van der Waals surface area contributed by atoms with E-state index in [-0.39, 0.29) is 5.92 Å². The van der Waals surface area contributed by atoms with E-state index in [0.29, 0.717) is 16.8 Å². The first-order valence-electron chi connectivity index (χ1n) is 4.01. The Hall–Kier alpha value is -0.460. The van der Waals surface area contributed by atoms with Gasteiger partial charge in [-0.25, -0.2) is 4.68 Å². The van der Waals surface area contributed by atoms with Crippen LogP contribution in [-0.2, 0) is 7.05 Å². The summed E-state index contributed by atoms with van der Waals surface area (Å²) in [7, 11) is 1.74. The van der Waals surface area contributed by atoms with Gasteiger partial charge in [0.25, 0.3) is 0 Å². The van der Waals surface area contributed by atoms with Gasteiger partial charge in [-0.15, -0.1) is 5.10 Å². The SMILES string of the molecule is CC(CN)C(O)c1c(Br)nnn1C. The largest absolute Gasteiger partial charge is 0.386 e. The van der Waals surface area contributed by atoms with E-state index >= 15 is 0 Å². The highest BCUT2D eigenvalue weighted by molar-refractivity contribution is 9.10. The van der Waals surface area contributed by atoms with Gasteiger partial charge in [-0.1, -0.05) is 12.1 Å². The van der Waals surface area contributed by atoms with Gasteiger partial charge in [0.15, 0.2) is 4.60 Å². The third kappa shape index (κ3) is 2.07. The summed E-state index contributed by atoms with van der Waals surface area (Å²) in [5.74, 6) is -0.00602. The average molecular weight is 249 g/mol. The number of rotatable bonds is 3. The second-order valence-corrected chi connectivity index (χ2v) is 3.80. The van der Waals surface area contributed by atoms with Crippen molar-refractivity contribution in [3.05, 3.63) is 10.3 Å². The Bertz CT molecular complexity index is 269. The van der Waals surface area contributed by atoms with Crippen LogP contribution in [0.5, 0.6) is 0 Å². The molecule has 0 aliphatic heterocycles. The maximum absolute atomic E-state index is 9.83. The fourth-order valence-corrected chi connectivity index (χ4v) is 1.61. The van der Waals surface area contributed by atoms with Gasteiger partial charge in [0, 0.05) is 13.0 Å². The Labute approximate surface area is 85.1 Å². The molecule has 0 fully saturated rings. The zero-order chi connectivity index (χ0) is 10.0. The summed E-state index contributed by atoms with van der Waals surface area (Å²) < 4.78 is 2.11. The van der Waals surface area contributed by atoms with Gasteiger partial charge in [-0.2, -0.15) is 0 Å². The fourth-order valence-electron chi connectivity index (χ4n) is 1.05. The van der Waals surface area contributed by atoms with Gasteiger partial charge in [0.1, 0.15) is 11.8 Å². The topological polar surface area (TPSA) is 77.0 Å². The van der Waals surface area contributed by atoms with Crippen LogP contribution in [0.15, 0.2) is 4.60 Å². The van der Waals surface area contributed by atoms with Crippen molar-refractivity contribution in [2.24, 2.45) is 18.7 Å². The van der Waals surface area contributed by atoms with Crippen molar-refractivity contribution in [1.82, 2.24) is 15.0 Å².